The summed E-state index contributed by atoms with van der Waals surface area (Å²) in [4.78, 5) is 18.3. The third-order valence-corrected chi connectivity index (χ3v) is 9.27. The molecule has 0 fully saturated rings. The first-order chi connectivity index (χ1) is 20.9. The van der Waals surface area contributed by atoms with E-state index in [-0.39, 0.29) is 18.8 Å². The molecule has 1 aromatic heterocycles. The van der Waals surface area contributed by atoms with Crippen LogP contribution in [0.1, 0.15) is 103 Å². The van der Waals surface area contributed by atoms with E-state index in [4.69, 9.17) is 4.74 Å². The Labute approximate surface area is 267 Å². The van der Waals surface area contributed by atoms with Crippen molar-refractivity contribution in [3.8, 4) is 0 Å². The molecule has 2 rings (SSSR count). The minimum Gasteiger partial charge on any atom is -0.453 e. The van der Waals surface area contributed by atoms with Crippen LogP contribution in [0.5, 0.6) is 0 Å². The number of allylic oxidation sites excluding steroid dienone is 5. The number of aromatic nitrogens is 1. The average Bonchev–Trinajstić information content (AvgIpc) is 3.47. The van der Waals surface area contributed by atoms with Gasteiger partial charge in [-0.15, -0.1) is 11.3 Å². The zero-order chi connectivity index (χ0) is 32.8. The molecule has 2 bridgehead atoms. The molecular weight excluding hydrogens is 578 g/mol. The largest absolute Gasteiger partial charge is 0.453 e. The number of unbranched alkanes of at least 4 members (excludes halogenated alkanes) is 3. The Bertz CT molecular complexity index is 1180. The Kier molecular flexibility index (Phi) is 16.5. The van der Waals surface area contributed by atoms with Crippen molar-refractivity contribution < 1.29 is 35.1 Å². The van der Waals surface area contributed by atoms with Crippen LogP contribution in [0.15, 0.2) is 58.6 Å². The van der Waals surface area contributed by atoms with Crippen molar-refractivity contribution in [2.24, 2.45) is 5.92 Å². The Balaban J connectivity index is 2.50. The normalized spacial score (nSPS) is 29.4. The molecule has 0 saturated carbocycles. The van der Waals surface area contributed by atoms with Crippen molar-refractivity contribution in [1.82, 2.24) is 4.98 Å². The van der Waals surface area contributed by atoms with Crippen LogP contribution in [0.2, 0.25) is 0 Å². The lowest BCUT2D eigenvalue weighted by atomic mass is 9.87. The number of ether oxygens (including phenoxy) is 1. The number of aliphatic hydroxyl groups excluding tert-OH is 5. The maximum atomic E-state index is 13.7. The first-order valence-corrected chi connectivity index (χ1v) is 16.7. The fourth-order valence-corrected chi connectivity index (χ4v) is 5.94. The van der Waals surface area contributed by atoms with Crippen molar-refractivity contribution in [1.29, 1.82) is 0 Å². The molecule has 8 atom stereocenters. The van der Waals surface area contributed by atoms with Crippen molar-refractivity contribution in [2.45, 2.75) is 129 Å². The number of cyclic esters (lactones) is 1. The fraction of sp³-hybridized carbons (Fsp3) is 0.600. The molecule has 0 amide bonds. The molecule has 0 saturated heterocycles. The van der Waals surface area contributed by atoms with E-state index < -0.39 is 48.5 Å². The average molecular weight is 632 g/mol. The second-order valence-corrected chi connectivity index (χ2v) is 12.8. The predicted octanol–water partition coefficient (Wildman–Crippen LogP) is 5.77. The number of aliphatic hydroxyl groups is 5. The van der Waals surface area contributed by atoms with Gasteiger partial charge in [0.15, 0.2) is 6.10 Å². The first-order valence-electron chi connectivity index (χ1n) is 15.8. The van der Waals surface area contributed by atoms with Gasteiger partial charge < -0.3 is 30.3 Å². The lowest BCUT2D eigenvalue weighted by Crippen LogP contribution is -2.47. The minimum absolute atomic E-state index is 0.0510. The molecule has 1 aliphatic rings. The Morgan fingerprint density at radius 2 is 1.86 bits per heavy atom. The highest BCUT2D eigenvalue weighted by Gasteiger charge is 2.37. The summed E-state index contributed by atoms with van der Waals surface area (Å²) < 4.78 is 5.89. The van der Waals surface area contributed by atoms with Crippen molar-refractivity contribution in [3.63, 3.8) is 0 Å². The molecule has 0 aromatic carbocycles. The van der Waals surface area contributed by atoms with E-state index in [1.165, 1.54) is 11.3 Å². The molecule has 1 aliphatic heterocycles. The van der Waals surface area contributed by atoms with E-state index in [1.807, 2.05) is 38.3 Å². The molecule has 44 heavy (non-hydrogen) atoms. The molecule has 2 heterocycles. The van der Waals surface area contributed by atoms with Crippen molar-refractivity contribution >= 4 is 23.4 Å². The summed E-state index contributed by atoms with van der Waals surface area (Å²) in [7, 11) is 0. The maximum Gasteiger partial charge on any atom is 0.334 e. The highest BCUT2D eigenvalue weighted by Crippen LogP contribution is 2.29. The number of nitrogens with zero attached hydrogens (tertiary/aromatic N) is 1. The maximum absolute atomic E-state index is 13.7. The van der Waals surface area contributed by atoms with E-state index in [1.54, 1.807) is 44.2 Å². The van der Waals surface area contributed by atoms with Gasteiger partial charge in [-0.05, 0) is 51.7 Å². The third-order valence-electron chi connectivity index (χ3n) is 8.20. The summed E-state index contributed by atoms with van der Waals surface area (Å²) in [5.74, 6) is -1.73. The summed E-state index contributed by atoms with van der Waals surface area (Å²) in [5.41, 5.74) is 2.53. The van der Waals surface area contributed by atoms with Crippen molar-refractivity contribution in [2.75, 3.05) is 0 Å². The van der Waals surface area contributed by atoms with Gasteiger partial charge in [-0.25, -0.2) is 9.78 Å². The number of hydrogen-bond acceptors (Lipinski definition) is 9. The smallest absolute Gasteiger partial charge is 0.334 e. The number of hydrogen-bond donors (Lipinski definition) is 5. The third kappa shape index (κ3) is 11.8. The summed E-state index contributed by atoms with van der Waals surface area (Å²) >= 11 is 1.37. The van der Waals surface area contributed by atoms with Gasteiger partial charge in [0.05, 0.1) is 41.2 Å². The van der Waals surface area contributed by atoms with Gasteiger partial charge in [-0.2, -0.15) is 0 Å². The van der Waals surface area contributed by atoms with Crippen LogP contribution in [0, 0.1) is 5.92 Å². The number of carbonyl (C=O) groups is 1. The Morgan fingerprint density at radius 3 is 2.55 bits per heavy atom. The van der Waals surface area contributed by atoms with Crippen LogP contribution in [0.25, 0.3) is 6.08 Å². The topological polar surface area (TPSA) is 140 Å². The summed E-state index contributed by atoms with van der Waals surface area (Å²) in [6, 6.07) is 0. The Hall–Kier alpha value is -2.40. The number of rotatable bonds is 10. The number of esters is 1. The highest BCUT2D eigenvalue weighted by atomic mass is 32.1. The SMILES string of the molecule is C/C=C(C)/C=C(\C)C(O)C(C)[C@H](O)[C@H]1OC(=O)/C(CCCCCC)=C\c2csc(n2)[C@@H](C)[C@H](O)C[C@@H](O)/C=C\C=C/C[C@H]1O. The Morgan fingerprint density at radius 1 is 1.14 bits per heavy atom. The van der Waals surface area contributed by atoms with Gasteiger partial charge in [-0.3, -0.25) is 0 Å². The summed E-state index contributed by atoms with van der Waals surface area (Å²) in [5, 5.41) is 57.3. The van der Waals surface area contributed by atoms with Crippen LogP contribution < -0.4 is 0 Å². The van der Waals surface area contributed by atoms with E-state index in [0.29, 0.717) is 28.3 Å². The predicted molar refractivity (Wildman–Crippen MR) is 177 cm³/mol. The summed E-state index contributed by atoms with van der Waals surface area (Å²) in [6.45, 7) is 11.2. The number of carbonyl (C=O) groups excluding carboxylic acids is 1. The van der Waals surface area contributed by atoms with E-state index in [9.17, 15) is 30.3 Å². The van der Waals surface area contributed by atoms with Crippen LogP contribution in [0.4, 0.5) is 0 Å². The van der Waals surface area contributed by atoms with Crippen LogP contribution >= 0.6 is 11.3 Å². The van der Waals surface area contributed by atoms with Crippen LogP contribution in [0.3, 0.4) is 0 Å². The highest BCUT2D eigenvalue weighted by molar-refractivity contribution is 7.09. The number of thiazole rings is 1. The van der Waals surface area contributed by atoms with Gasteiger partial charge in [0.1, 0.15) is 0 Å². The molecule has 5 N–H and O–H groups in total. The zero-order valence-corrected chi connectivity index (χ0v) is 27.9. The molecule has 246 valence electrons. The molecular formula is C35H53NO7S. The van der Waals surface area contributed by atoms with Gasteiger partial charge in [0.25, 0.3) is 0 Å². The second kappa shape index (κ2) is 19.2. The minimum atomic E-state index is -1.37. The standard InChI is InChI=1S/C35H53NO7S/c1-7-9-10-12-15-26-19-27-21-44-34(36-27)24(5)30(39)20-28(37)16-13-11-14-17-29(38)33(43-35(26)42)32(41)25(6)31(40)23(4)18-22(3)8-2/h8,11,13-14,16,18-19,21,24-25,28-33,37-41H,7,9-10,12,15,17,20H2,1-6H3/b14-11-,16-13-,22-8+,23-18+,26-19-/t24-,25?,28-,29+,30+,31?,32-,33-/m0/s1. The van der Waals surface area contributed by atoms with E-state index in [2.05, 4.69) is 11.9 Å². The van der Waals surface area contributed by atoms with Gasteiger partial charge in [0, 0.05) is 29.2 Å². The van der Waals surface area contributed by atoms with Gasteiger partial charge in [-0.1, -0.05) is 82.1 Å². The fourth-order valence-electron chi connectivity index (χ4n) is 5.05. The monoisotopic (exact) mass is 631 g/mol. The second-order valence-electron chi connectivity index (χ2n) is 12.0. The quantitative estimate of drug-likeness (QED) is 0.125. The molecule has 0 aliphatic carbocycles. The van der Waals surface area contributed by atoms with E-state index in [0.717, 1.165) is 31.3 Å². The molecule has 0 radical (unpaired) electrons. The lowest BCUT2D eigenvalue weighted by Gasteiger charge is -2.33. The molecule has 2 unspecified atom stereocenters. The van der Waals surface area contributed by atoms with Crippen LogP contribution in [-0.2, 0) is 9.53 Å². The molecule has 1 aromatic rings. The summed E-state index contributed by atoms with van der Waals surface area (Å²) in [6.07, 6.45) is 9.58. The van der Waals surface area contributed by atoms with Crippen LogP contribution in [-0.4, -0.2) is 73.1 Å². The van der Waals surface area contributed by atoms with Gasteiger partial charge >= 0.3 is 5.97 Å². The van der Waals surface area contributed by atoms with Gasteiger partial charge in [0.2, 0.25) is 0 Å². The first kappa shape index (κ1) is 37.8. The lowest BCUT2D eigenvalue weighted by molar-refractivity contribution is -0.165. The molecule has 9 heteroatoms. The molecule has 0 spiro atoms. The van der Waals surface area contributed by atoms with Crippen molar-refractivity contribution in [3.05, 3.63) is 69.3 Å². The zero-order valence-electron chi connectivity index (χ0n) is 27.1. The molecule has 8 nitrogen and oxygen atoms in total. The number of fused-ring (bicyclic) bond motifs is 2. The van der Waals surface area contributed by atoms with E-state index >= 15 is 0 Å².